The second kappa shape index (κ2) is 7.82. The molecule has 0 bridgehead atoms. The minimum Gasteiger partial charge on any atom is -0.391 e. The lowest BCUT2D eigenvalue weighted by Gasteiger charge is -2.50. The van der Waals surface area contributed by atoms with Crippen LogP contribution < -0.4 is 0 Å². The highest BCUT2D eigenvalue weighted by atomic mass is 28.4. The van der Waals surface area contributed by atoms with Gasteiger partial charge in [-0.15, -0.1) is 0 Å². The quantitative estimate of drug-likeness (QED) is 0.475. The van der Waals surface area contributed by atoms with Crippen LogP contribution in [-0.4, -0.2) is 63.5 Å². The van der Waals surface area contributed by atoms with Crippen LogP contribution in [0.5, 0.6) is 0 Å². The number of aliphatic hydroxyl groups is 1. The van der Waals surface area contributed by atoms with E-state index in [1.165, 1.54) is 0 Å². The molecule has 2 atom stereocenters. The predicted octanol–water partition coefficient (Wildman–Crippen LogP) is 1.47. The Hall–Kier alpha value is 0.451. The highest BCUT2D eigenvalue weighted by molar-refractivity contribution is 6.70. The highest BCUT2D eigenvalue weighted by Gasteiger charge is 2.55. The fourth-order valence-corrected chi connectivity index (χ4v) is 7.57. The van der Waals surface area contributed by atoms with Crippen LogP contribution in [0.3, 0.4) is 0 Å². The van der Waals surface area contributed by atoms with Gasteiger partial charge in [0, 0.05) is 13.7 Å². The molecule has 0 aromatic carbocycles. The second-order valence-corrected chi connectivity index (χ2v) is 17.5. The molecule has 0 heterocycles. The number of methoxy groups -OCH3 is 1. The Labute approximate surface area is 135 Å². The van der Waals surface area contributed by atoms with Crippen molar-refractivity contribution in [1.29, 1.82) is 0 Å². The fraction of sp³-hybridized carbons (Fsp3) is 1.00. The Morgan fingerprint density at radius 1 is 1.00 bits per heavy atom. The average Bonchev–Trinajstić information content (AvgIpc) is 2.30. The van der Waals surface area contributed by atoms with E-state index in [4.69, 9.17) is 18.3 Å². The Balaban J connectivity index is 5.66. The standard InChI is InChI=1S/C13H34O5Si3/c1-9-10-16-13(19,18-21(6,7)8)12(11-14,15-2)17-20(3,4)5/h14H,9-11H2,1-8,19H3. The summed E-state index contributed by atoms with van der Waals surface area (Å²) in [7, 11) is -1.79. The maximum Gasteiger partial charge on any atom is 0.231 e. The molecule has 0 saturated carbocycles. The van der Waals surface area contributed by atoms with Gasteiger partial charge in [0.2, 0.25) is 5.79 Å². The van der Waals surface area contributed by atoms with Crippen molar-refractivity contribution >= 4 is 26.9 Å². The average molecular weight is 355 g/mol. The van der Waals surface area contributed by atoms with Crippen molar-refractivity contribution in [3.63, 3.8) is 0 Å². The largest absolute Gasteiger partial charge is 0.391 e. The molecular formula is C13H34O5Si3. The highest BCUT2D eigenvalue weighted by Crippen LogP contribution is 2.35. The van der Waals surface area contributed by atoms with Gasteiger partial charge >= 0.3 is 0 Å². The zero-order valence-electron chi connectivity index (χ0n) is 15.2. The summed E-state index contributed by atoms with van der Waals surface area (Å²) in [4.78, 5) is 0. The molecule has 0 aliphatic heterocycles. The van der Waals surface area contributed by atoms with Gasteiger partial charge in [0.15, 0.2) is 22.0 Å². The molecule has 0 spiro atoms. The first-order valence-corrected chi connectivity index (χ1v) is 15.4. The predicted molar refractivity (Wildman–Crippen MR) is 94.6 cm³/mol. The molecule has 2 unspecified atom stereocenters. The van der Waals surface area contributed by atoms with Gasteiger partial charge in [-0.05, 0) is 45.7 Å². The maximum absolute atomic E-state index is 10.0. The Morgan fingerprint density at radius 2 is 1.48 bits per heavy atom. The van der Waals surface area contributed by atoms with Crippen molar-refractivity contribution in [2.24, 2.45) is 0 Å². The lowest BCUT2D eigenvalue weighted by molar-refractivity contribution is -0.333. The van der Waals surface area contributed by atoms with Crippen LogP contribution in [0.15, 0.2) is 0 Å². The SMILES string of the molecule is CCCOC([SiH3])(O[Si](C)(C)C)C(CO)(OC)O[Si](C)(C)C. The summed E-state index contributed by atoms with van der Waals surface area (Å²) in [6.45, 7) is 14.8. The lowest BCUT2D eigenvalue weighted by atomic mass is 10.3. The third-order valence-electron chi connectivity index (χ3n) is 2.78. The molecule has 8 heteroatoms. The minimum absolute atomic E-state index is 0.286. The molecule has 128 valence electrons. The van der Waals surface area contributed by atoms with E-state index in [9.17, 15) is 5.11 Å². The molecule has 21 heavy (non-hydrogen) atoms. The van der Waals surface area contributed by atoms with Crippen molar-refractivity contribution in [3.8, 4) is 0 Å². The van der Waals surface area contributed by atoms with Crippen LogP contribution in [0.25, 0.3) is 0 Å². The summed E-state index contributed by atoms with van der Waals surface area (Å²) in [5.74, 6) is -1.25. The zero-order valence-corrected chi connectivity index (χ0v) is 19.2. The van der Waals surface area contributed by atoms with Crippen LogP contribution in [0, 0.1) is 0 Å². The Bertz CT molecular complexity index is 310. The van der Waals surface area contributed by atoms with Crippen LogP contribution in [0.2, 0.25) is 39.3 Å². The van der Waals surface area contributed by atoms with Gasteiger partial charge in [0.1, 0.15) is 6.61 Å². The molecule has 0 amide bonds. The van der Waals surface area contributed by atoms with Crippen LogP contribution in [0.4, 0.5) is 0 Å². The fourth-order valence-electron chi connectivity index (χ4n) is 2.15. The van der Waals surface area contributed by atoms with Gasteiger partial charge in [-0.2, -0.15) is 0 Å². The van der Waals surface area contributed by atoms with E-state index in [1.807, 2.05) is 6.92 Å². The van der Waals surface area contributed by atoms with E-state index in [1.54, 1.807) is 7.11 Å². The molecule has 5 nitrogen and oxygen atoms in total. The van der Waals surface area contributed by atoms with E-state index in [0.29, 0.717) is 16.8 Å². The van der Waals surface area contributed by atoms with Crippen LogP contribution in [-0.2, 0) is 18.3 Å². The molecule has 0 aromatic heterocycles. The number of hydrogen-bond donors (Lipinski definition) is 1. The van der Waals surface area contributed by atoms with E-state index in [0.717, 1.165) is 6.42 Å². The normalized spacial score (nSPS) is 19.3. The smallest absolute Gasteiger partial charge is 0.231 e. The summed E-state index contributed by atoms with van der Waals surface area (Å²) < 4.78 is 24.2. The molecule has 0 aliphatic rings. The monoisotopic (exact) mass is 354 g/mol. The maximum atomic E-state index is 10.0. The molecule has 0 aliphatic carbocycles. The van der Waals surface area contributed by atoms with Gasteiger partial charge in [-0.3, -0.25) is 0 Å². The summed E-state index contributed by atoms with van der Waals surface area (Å²) in [5.41, 5.74) is -1.00. The van der Waals surface area contributed by atoms with E-state index >= 15 is 0 Å². The van der Waals surface area contributed by atoms with Gasteiger partial charge in [0.05, 0.1) is 10.2 Å². The topological polar surface area (TPSA) is 57.2 Å². The number of hydrogen-bond acceptors (Lipinski definition) is 5. The molecule has 0 rings (SSSR count). The molecule has 0 radical (unpaired) electrons. The number of aliphatic hydroxyl groups excluding tert-OH is 1. The van der Waals surface area contributed by atoms with Crippen LogP contribution >= 0.6 is 0 Å². The third kappa shape index (κ3) is 6.61. The van der Waals surface area contributed by atoms with Crippen molar-refractivity contribution < 1.29 is 23.4 Å². The third-order valence-corrected chi connectivity index (χ3v) is 6.39. The van der Waals surface area contributed by atoms with E-state index in [-0.39, 0.29) is 6.61 Å². The van der Waals surface area contributed by atoms with E-state index < -0.39 is 27.8 Å². The van der Waals surface area contributed by atoms with Crippen LogP contribution in [0.1, 0.15) is 13.3 Å². The first-order chi connectivity index (χ1) is 9.35. The van der Waals surface area contributed by atoms with Crippen molar-refractivity contribution in [2.45, 2.75) is 63.8 Å². The molecule has 1 N–H and O–H groups in total. The minimum atomic E-state index is -1.97. The Kier molecular flexibility index (Phi) is 7.99. The molecule has 0 saturated heterocycles. The second-order valence-electron chi connectivity index (χ2n) is 7.34. The Morgan fingerprint density at radius 3 is 1.76 bits per heavy atom. The number of rotatable bonds is 10. The summed E-state index contributed by atoms with van der Waals surface area (Å²) in [6.07, 6.45) is 0.872. The first kappa shape index (κ1) is 21.5. The summed E-state index contributed by atoms with van der Waals surface area (Å²) in [5, 5.41) is 10.0. The molecule has 0 aromatic rings. The zero-order chi connectivity index (χ0) is 16.9. The van der Waals surface area contributed by atoms with Gasteiger partial charge in [-0.25, -0.2) is 0 Å². The summed E-state index contributed by atoms with van der Waals surface area (Å²) in [6, 6.07) is 0. The van der Waals surface area contributed by atoms with Gasteiger partial charge in [-0.1, -0.05) is 6.92 Å². The summed E-state index contributed by atoms with van der Waals surface area (Å²) >= 11 is 0. The molecular weight excluding hydrogens is 320 g/mol. The van der Waals surface area contributed by atoms with Gasteiger partial charge < -0.3 is 23.4 Å². The first-order valence-electron chi connectivity index (χ1n) is 7.55. The van der Waals surface area contributed by atoms with E-state index in [2.05, 4.69) is 39.3 Å². The molecule has 0 fully saturated rings. The van der Waals surface area contributed by atoms with Gasteiger partial charge in [0.25, 0.3) is 0 Å². The van der Waals surface area contributed by atoms with Crippen molar-refractivity contribution in [2.75, 3.05) is 20.3 Å². The number of ether oxygens (including phenoxy) is 2. The van der Waals surface area contributed by atoms with Crippen molar-refractivity contribution in [3.05, 3.63) is 0 Å². The van der Waals surface area contributed by atoms with Crippen molar-refractivity contribution in [1.82, 2.24) is 0 Å². The lowest BCUT2D eigenvalue weighted by Crippen LogP contribution is -2.68.